The number of piperazine rings is 1. The van der Waals surface area contributed by atoms with Gasteiger partial charge in [-0.1, -0.05) is 29.8 Å². The summed E-state index contributed by atoms with van der Waals surface area (Å²) in [5.41, 5.74) is 2.06. The lowest BCUT2D eigenvalue weighted by Gasteiger charge is -2.35. The van der Waals surface area contributed by atoms with Gasteiger partial charge in [0.1, 0.15) is 11.9 Å². The molecular weight excluding hydrogens is 388 g/mol. The molecule has 1 aliphatic heterocycles. The molecule has 0 radical (unpaired) electrons. The molecule has 1 aromatic carbocycles. The summed E-state index contributed by atoms with van der Waals surface area (Å²) in [6.07, 6.45) is 5.03. The largest absolute Gasteiger partial charge is 0.352 e. The molecule has 1 fully saturated rings. The van der Waals surface area contributed by atoms with Crippen molar-refractivity contribution in [2.45, 2.75) is 6.54 Å². The molecule has 4 rings (SSSR count). The summed E-state index contributed by atoms with van der Waals surface area (Å²) in [4.78, 5) is 21.0. The quantitative estimate of drug-likeness (QED) is 0.665. The highest BCUT2D eigenvalue weighted by molar-refractivity contribution is 6.31. The Morgan fingerprint density at radius 1 is 1.14 bits per heavy atom. The molecule has 2 aromatic heterocycles. The van der Waals surface area contributed by atoms with Gasteiger partial charge in [0.25, 0.3) is 5.91 Å². The van der Waals surface area contributed by atoms with Crippen LogP contribution in [0.15, 0.2) is 55.0 Å². The molecule has 0 saturated carbocycles. The molecule has 1 saturated heterocycles. The summed E-state index contributed by atoms with van der Waals surface area (Å²) in [6.45, 7) is 2.90. The topological polar surface area (TPSA) is 78.1 Å². The lowest BCUT2D eigenvalue weighted by atomic mass is 10.2. The van der Waals surface area contributed by atoms with Gasteiger partial charge in [-0.3, -0.25) is 9.48 Å². The van der Waals surface area contributed by atoms with Crippen LogP contribution in [0.1, 0.15) is 21.5 Å². The highest BCUT2D eigenvalue weighted by Gasteiger charge is 2.25. The van der Waals surface area contributed by atoms with Crippen molar-refractivity contribution in [2.24, 2.45) is 0 Å². The van der Waals surface area contributed by atoms with Crippen LogP contribution in [-0.2, 0) is 6.54 Å². The van der Waals surface area contributed by atoms with E-state index in [1.807, 2.05) is 34.1 Å². The number of hydrogen-bond acceptors (Lipinski definition) is 5. The fourth-order valence-corrected chi connectivity index (χ4v) is 3.60. The van der Waals surface area contributed by atoms with E-state index in [0.717, 1.165) is 5.56 Å². The van der Waals surface area contributed by atoms with Crippen LogP contribution in [0.2, 0.25) is 5.02 Å². The van der Waals surface area contributed by atoms with Gasteiger partial charge in [0.05, 0.1) is 23.9 Å². The van der Waals surface area contributed by atoms with Crippen molar-refractivity contribution < 1.29 is 4.79 Å². The summed E-state index contributed by atoms with van der Waals surface area (Å²) in [5.74, 6) is 0.631. The van der Waals surface area contributed by atoms with Gasteiger partial charge in [0.15, 0.2) is 0 Å². The first kappa shape index (κ1) is 19.0. The monoisotopic (exact) mass is 406 g/mol. The van der Waals surface area contributed by atoms with Crippen LogP contribution in [0.5, 0.6) is 0 Å². The Morgan fingerprint density at radius 3 is 2.69 bits per heavy atom. The third-order valence-corrected chi connectivity index (χ3v) is 5.31. The first-order valence-corrected chi connectivity index (χ1v) is 9.68. The Kier molecular flexibility index (Phi) is 5.45. The number of amides is 1. The number of nitriles is 1. The van der Waals surface area contributed by atoms with Gasteiger partial charge in [-0.25, -0.2) is 4.98 Å². The van der Waals surface area contributed by atoms with E-state index in [1.165, 1.54) is 0 Å². The molecule has 29 heavy (non-hydrogen) atoms. The lowest BCUT2D eigenvalue weighted by Crippen LogP contribution is -2.49. The van der Waals surface area contributed by atoms with E-state index in [1.54, 1.807) is 35.4 Å². The van der Waals surface area contributed by atoms with Crippen LogP contribution in [-0.4, -0.2) is 51.8 Å². The van der Waals surface area contributed by atoms with Crippen LogP contribution in [0, 0.1) is 11.3 Å². The number of halogens is 1. The van der Waals surface area contributed by atoms with E-state index >= 15 is 0 Å². The van der Waals surface area contributed by atoms with Crippen molar-refractivity contribution in [2.75, 3.05) is 31.1 Å². The molecule has 0 spiro atoms. The van der Waals surface area contributed by atoms with Gasteiger partial charge in [0.2, 0.25) is 0 Å². The number of nitrogens with zero attached hydrogens (tertiary/aromatic N) is 6. The van der Waals surface area contributed by atoms with E-state index < -0.39 is 0 Å². The minimum absolute atomic E-state index is 0.0448. The van der Waals surface area contributed by atoms with Gasteiger partial charge in [-0.05, 0) is 23.8 Å². The van der Waals surface area contributed by atoms with Gasteiger partial charge in [-0.15, -0.1) is 0 Å². The van der Waals surface area contributed by atoms with Crippen LogP contribution in [0.25, 0.3) is 0 Å². The lowest BCUT2D eigenvalue weighted by molar-refractivity contribution is 0.0746. The maximum absolute atomic E-state index is 12.9. The summed E-state index contributed by atoms with van der Waals surface area (Å²) in [6, 6.07) is 13.3. The van der Waals surface area contributed by atoms with Crippen molar-refractivity contribution in [3.05, 3.63) is 76.7 Å². The SMILES string of the molecule is N#Cc1cccnc1N1CCN(C(=O)c2cnn(Cc3ccccc3Cl)c2)CC1. The first-order valence-electron chi connectivity index (χ1n) is 9.31. The van der Waals surface area contributed by atoms with E-state index in [9.17, 15) is 10.1 Å². The highest BCUT2D eigenvalue weighted by Crippen LogP contribution is 2.19. The minimum Gasteiger partial charge on any atom is -0.352 e. The average molecular weight is 407 g/mol. The first-order chi connectivity index (χ1) is 14.2. The standard InChI is InChI=1S/C21H19ClN6O/c22-19-6-2-1-4-17(19)14-28-15-18(13-25-28)21(29)27-10-8-26(9-11-27)20-16(12-23)5-3-7-24-20/h1-7,13,15H,8-11,14H2. The number of hydrogen-bond donors (Lipinski definition) is 0. The zero-order chi connectivity index (χ0) is 20.2. The molecule has 3 heterocycles. The average Bonchev–Trinajstić information content (AvgIpc) is 3.23. The Hall–Kier alpha value is -3.37. The second-order valence-electron chi connectivity index (χ2n) is 6.78. The Balaban J connectivity index is 1.40. The van der Waals surface area contributed by atoms with Gasteiger partial charge in [0, 0.05) is 43.6 Å². The highest BCUT2D eigenvalue weighted by atomic mass is 35.5. The molecule has 0 atom stereocenters. The van der Waals surface area contributed by atoms with Crippen molar-refractivity contribution in [1.29, 1.82) is 5.26 Å². The predicted octanol–water partition coefficient (Wildman–Crippen LogP) is 2.81. The molecule has 0 bridgehead atoms. The summed E-state index contributed by atoms with van der Waals surface area (Å²) in [7, 11) is 0. The maximum Gasteiger partial charge on any atom is 0.257 e. The fraction of sp³-hybridized carbons (Fsp3) is 0.238. The van der Waals surface area contributed by atoms with Crippen molar-refractivity contribution >= 4 is 23.3 Å². The van der Waals surface area contributed by atoms with E-state index in [0.29, 0.717) is 54.7 Å². The molecule has 0 unspecified atom stereocenters. The number of benzene rings is 1. The number of pyridine rings is 1. The minimum atomic E-state index is -0.0448. The number of carbonyl (C=O) groups is 1. The Bertz CT molecular complexity index is 1060. The molecular formula is C21H19ClN6O. The van der Waals surface area contributed by atoms with Crippen LogP contribution in [0.4, 0.5) is 5.82 Å². The molecule has 8 heteroatoms. The zero-order valence-corrected chi connectivity index (χ0v) is 16.5. The van der Waals surface area contributed by atoms with Crippen LogP contribution in [0.3, 0.4) is 0 Å². The van der Waals surface area contributed by atoms with Gasteiger partial charge >= 0.3 is 0 Å². The van der Waals surface area contributed by atoms with Crippen molar-refractivity contribution in [1.82, 2.24) is 19.7 Å². The third-order valence-electron chi connectivity index (χ3n) is 4.94. The number of anilines is 1. The Labute approximate surface area is 173 Å². The normalized spacial score (nSPS) is 13.9. The van der Waals surface area contributed by atoms with Crippen molar-refractivity contribution in [3.63, 3.8) is 0 Å². The summed E-state index contributed by atoms with van der Waals surface area (Å²) >= 11 is 6.20. The molecule has 0 N–H and O–H groups in total. The second kappa shape index (κ2) is 8.33. The van der Waals surface area contributed by atoms with Crippen LogP contribution >= 0.6 is 11.6 Å². The van der Waals surface area contributed by atoms with E-state index in [2.05, 4.69) is 16.2 Å². The summed E-state index contributed by atoms with van der Waals surface area (Å²) < 4.78 is 1.72. The Morgan fingerprint density at radius 2 is 1.93 bits per heavy atom. The van der Waals surface area contributed by atoms with E-state index in [4.69, 9.17) is 11.6 Å². The predicted molar refractivity (Wildman–Crippen MR) is 110 cm³/mol. The third kappa shape index (κ3) is 4.08. The molecule has 146 valence electrons. The fourth-order valence-electron chi connectivity index (χ4n) is 3.40. The molecule has 1 amide bonds. The summed E-state index contributed by atoms with van der Waals surface area (Å²) in [5, 5.41) is 14.3. The molecule has 1 aliphatic rings. The second-order valence-corrected chi connectivity index (χ2v) is 7.19. The molecule has 7 nitrogen and oxygen atoms in total. The van der Waals surface area contributed by atoms with Gasteiger partial charge in [-0.2, -0.15) is 10.4 Å². The zero-order valence-electron chi connectivity index (χ0n) is 15.7. The smallest absolute Gasteiger partial charge is 0.257 e. The van der Waals surface area contributed by atoms with Crippen LogP contribution < -0.4 is 4.90 Å². The van der Waals surface area contributed by atoms with Crippen molar-refractivity contribution in [3.8, 4) is 6.07 Å². The van der Waals surface area contributed by atoms with E-state index in [-0.39, 0.29) is 5.91 Å². The maximum atomic E-state index is 12.9. The number of rotatable bonds is 4. The van der Waals surface area contributed by atoms with Gasteiger partial charge < -0.3 is 9.80 Å². The molecule has 0 aliphatic carbocycles. The number of carbonyl (C=O) groups excluding carboxylic acids is 1. The number of aromatic nitrogens is 3. The molecule has 3 aromatic rings.